The molecular weight excluding hydrogens is 376 g/mol. The second kappa shape index (κ2) is 9.82. The van der Waals surface area contributed by atoms with Crippen molar-refractivity contribution in [3.63, 3.8) is 0 Å². The molecular formula is C21H28N2O4S. The van der Waals surface area contributed by atoms with Gasteiger partial charge in [-0.1, -0.05) is 35.9 Å². The maximum atomic E-state index is 12.8. The number of carbonyl (C=O) groups is 1. The summed E-state index contributed by atoms with van der Waals surface area (Å²) in [5.41, 5.74) is 1.96. The standard InChI is InChI=1S/C21H28N2O4S/c1-17-10-12-19(13-11-17)28(25,26)27-16-18-8-5-6-9-20(18)21(24)23(4)15-7-14-22(2)3/h5-6,8-13H,7,14-16H2,1-4H3. The van der Waals surface area contributed by atoms with Crippen molar-refractivity contribution in [2.75, 3.05) is 34.2 Å². The van der Waals surface area contributed by atoms with Gasteiger partial charge in [0.1, 0.15) is 0 Å². The summed E-state index contributed by atoms with van der Waals surface area (Å²) in [6.07, 6.45) is 0.857. The Morgan fingerprint density at radius 1 is 0.964 bits per heavy atom. The van der Waals surface area contributed by atoms with Crippen LogP contribution < -0.4 is 0 Å². The first-order valence-corrected chi connectivity index (χ1v) is 10.6. The SMILES string of the molecule is Cc1ccc(S(=O)(=O)OCc2ccccc2C(=O)N(C)CCCN(C)C)cc1. The van der Waals surface area contributed by atoms with Gasteiger partial charge in [-0.05, 0) is 57.7 Å². The molecule has 0 fully saturated rings. The van der Waals surface area contributed by atoms with Crippen LogP contribution in [0.3, 0.4) is 0 Å². The van der Waals surface area contributed by atoms with Crippen molar-refractivity contribution >= 4 is 16.0 Å². The summed E-state index contributed by atoms with van der Waals surface area (Å²) in [6, 6.07) is 13.4. The van der Waals surface area contributed by atoms with Crippen LogP contribution in [0.1, 0.15) is 27.9 Å². The van der Waals surface area contributed by atoms with Crippen molar-refractivity contribution in [2.24, 2.45) is 0 Å². The smallest absolute Gasteiger partial charge is 0.297 e. The second-order valence-corrected chi connectivity index (χ2v) is 8.69. The monoisotopic (exact) mass is 404 g/mol. The van der Waals surface area contributed by atoms with E-state index in [9.17, 15) is 13.2 Å². The Morgan fingerprint density at radius 2 is 1.61 bits per heavy atom. The van der Waals surface area contributed by atoms with E-state index in [4.69, 9.17) is 4.18 Å². The molecule has 0 aliphatic rings. The molecule has 0 saturated heterocycles. The van der Waals surface area contributed by atoms with Crippen LogP contribution in [-0.2, 0) is 20.9 Å². The van der Waals surface area contributed by atoms with E-state index in [2.05, 4.69) is 4.90 Å². The van der Waals surface area contributed by atoms with E-state index in [1.807, 2.05) is 21.0 Å². The van der Waals surface area contributed by atoms with Gasteiger partial charge in [0, 0.05) is 19.2 Å². The number of amides is 1. The molecule has 0 N–H and O–H groups in total. The Hall–Kier alpha value is -2.22. The Balaban J connectivity index is 2.09. The highest BCUT2D eigenvalue weighted by Crippen LogP contribution is 2.18. The molecule has 0 aliphatic heterocycles. The first-order chi connectivity index (χ1) is 13.2. The summed E-state index contributed by atoms with van der Waals surface area (Å²) in [4.78, 5) is 16.6. The van der Waals surface area contributed by atoms with E-state index >= 15 is 0 Å². The van der Waals surface area contributed by atoms with Crippen LogP contribution in [0.25, 0.3) is 0 Å². The Morgan fingerprint density at radius 3 is 2.25 bits per heavy atom. The minimum absolute atomic E-state index is 0.0997. The van der Waals surface area contributed by atoms with E-state index in [-0.39, 0.29) is 17.4 Å². The quantitative estimate of drug-likeness (QED) is 0.601. The van der Waals surface area contributed by atoms with Gasteiger partial charge in [-0.15, -0.1) is 0 Å². The molecule has 7 heteroatoms. The van der Waals surface area contributed by atoms with Crippen molar-refractivity contribution in [3.8, 4) is 0 Å². The Kier molecular flexibility index (Phi) is 7.74. The molecule has 0 saturated carbocycles. The summed E-state index contributed by atoms with van der Waals surface area (Å²) in [6.45, 7) is 3.20. The fraction of sp³-hybridized carbons (Fsp3) is 0.381. The third-order valence-electron chi connectivity index (χ3n) is 4.37. The van der Waals surface area contributed by atoms with E-state index in [0.29, 0.717) is 17.7 Å². The fourth-order valence-electron chi connectivity index (χ4n) is 2.70. The molecule has 2 rings (SSSR count). The van der Waals surface area contributed by atoms with E-state index < -0.39 is 10.1 Å². The van der Waals surface area contributed by atoms with Gasteiger partial charge in [-0.25, -0.2) is 0 Å². The zero-order valence-electron chi connectivity index (χ0n) is 16.9. The molecule has 0 spiro atoms. The van der Waals surface area contributed by atoms with E-state index in [0.717, 1.165) is 18.5 Å². The molecule has 0 heterocycles. The molecule has 0 unspecified atom stereocenters. The lowest BCUT2D eigenvalue weighted by Gasteiger charge is -2.20. The van der Waals surface area contributed by atoms with Crippen molar-refractivity contribution in [2.45, 2.75) is 24.8 Å². The molecule has 1 amide bonds. The van der Waals surface area contributed by atoms with Crippen LogP contribution >= 0.6 is 0 Å². The van der Waals surface area contributed by atoms with E-state index in [1.54, 1.807) is 48.3 Å². The van der Waals surface area contributed by atoms with Gasteiger partial charge in [0.25, 0.3) is 16.0 Å². The highest BCUT2D eigenvalue weighted by molar-refractivity contribution is 7.86. The minimum atomic E-state index is -3.89. The van der Waals surface area contributed by atoms with Crippen molar-refractivity contribution < 1.29 is 17.4 Å². The van der Waals surface area contributed by atoms with Gasteiger partial charge in [0.05, 0.1) is 11.5 Å². The average molecular weight is 405 g/mol. The highest BCUT2D eigenvalue weighted by atomic mass is 32.2. The van der Waals surface area contributed by atoms with Crippen LogP contribution in [0.4, 0.5) is 0 Å². The van der Waals surface area contributed by atoms with Crippen LogP contribution in [0.2, 0.25) is 0 Å². The predicted octanol–water partition coefficient (Wildman–Crippen LogP) is 2.92. The van der Waals surface area contributed by atoms with Gasteiger partial charge >= 0.3 is 0 Å². The van der Waals surface area contributed by atoms with Crippen molar-refractivity contribution in [1.29, 1.82) is 0 Å². The summed E-state index contributed by atoms with van der Waals surface area (Å²) in [5, 5.41) is 0. The van der Waals surface area contributed by atoms with Crippen LogP contribution in [0, 0.1) is 6.92 Å². The fourth-order valence-corrected chi connectivity index (χ4v) is 3.59. The summed E-state index contributed by atoms with van der Waals surface area (Å²) >= 11 is 0. The number of benzene rings is 2. The first-order valence-electron chi connectivity index (χ1n) is 9.15. The number of hydrogen-bond donors (Lipinski definition) is 0. The predicted molar refractivity (Wildman–Crippen MR) is 110 cm³/mol. The first kappa shape index (κ1) is 22.1. The lowest BCUT2D eigenvalue weighted by Crippen LogP contribution is -2.30. The molecule has 0 aromatic heterocycles. The van der Waals surface area contributed by atoms with Gasteiger partial charge in [0.15, 0.2) is 0 Å². The molecule has 6 nitrogen and oxygen atoms in total. The number of aryl methyl sites for hydroxylation is 1. The average Bonchev–Trinajstić information content (AvgIpc) is 2.66. The third kappa shape index (κ3) is 6.15. The third-order valence-corrected chi connectivity index (χ3v) is 5.65. The molecule has 0 bridgehead atoms. The Labute approximate surface area is 167 Å². The maximum absolute atomic E-state index is 12.8. The summed E-state index contributed by atoms with van der Waals surface area (Å²) in [7, 11) is 1.83. The largest absolute Gasteiger partial charge is 0.342 e. The number of rotatable bonds is 9. The highest BCUT2D eigenvalue weighted by Gasteiger charge is 2.19. The number of nitrogens with zero attached hydrogens (tertiary/aromatic N) is 2. The van der Waals surface area contributed by atoms with Gasteiger partial charge in [0.2, 0.25) is 0 Å². The maximum Gasteiger partial charge on any atom is 0.297 e. The molecule has 28 heavy (non-hydrogen) atoms. The molecule has 0 radical (unpaired) electrons. The van der Waals surface area contributed by atoms with Crippen LogP contribution in [0.5, 0.6) is 0 Å². The topological polar surface area (TPSA) is 66.9 Å². The van der Waals surface area contributed by atoms with Crippen LogP contribution in [-0.4, -0.2) is 58.4 Å². The minimum Gasteiger partial charge on any atom is -0.342 e. The zero-order chi connectivity index (χ0) is 20.7. The second-order valence-electron chi connectivity index (χ2n) is 7.07. The lowest BCUT2D eigenvalue weighted by atomic mass is 10.1. The van der Waals surface area contributed by atoms with Gasteiger partial charge < -0.3 is 9.80 Å². The molecule has 2 aromatic carbocycles. The van der Waals surface area contributed by atoms with Crippen molar-refractivity contribution in [3.05, 3.63) is 65.2 Å². The molecule has 152 valence electrons. The summed E-state index contributed by atoms with van der Waals surface area (Å²) in [5.74, 6) is -0.148. The summed E-state index contributed by atoms with van der Waals surface area (Å²) < 4.78 is 30.0. The lowest BCUT2D eigenvalue weighted by molar-refractivity contribution is 0.0788. The van der Waals surface area contributed by atoms with Gasteiger partial charge in [-0.2, -0.15) is 8.42 Å². The normalized spacial score (nSPS) is 11.6. The molecule has 2 aromatic rings. The molecule has 0 atom stereocenters. The number of carbonyl (C=O) groups excluding carboxylic acids is 1. The molecule has 0 aliphatic carbocycles. The number of hydrogen-bond acceptors (Lipinski definition) is 5. The van der Waals surface area contributed by atoms with Gasteiger partial charge in [-0.3, -0.25) is 8.98 Å². The van der Waals surface area contributed by atoms with Crippen molar-refractivity contribution in [1.82, 2.24) is 9.80 Å². The van der Waals surface area contributed by atoms with Crippen LogP contribution in [0.15, 0.2) is 53.4 Å². The van der Waals surface area contributed by atoms with E-state index in [1.165, 1.54) is 12.1 Å². The zero-order valence-corrected chi connectivity index (χ0v) is 17.7. The Bertz CT molecular complexity index is 893.